The molecule has 5 nitrogen and oxygen atoms in total. The van der Waals surface area contributed by atoms with E-state index in [1.807, 2.05) is 32.6 Å². The van der Waals surface area contributed by atoms with Crippen LogP contribution in [0.2, 0.25) is 0 Å². The molecule has 1 N–H and O–H groups in total. The average Bonchev–Trinajstić information content (AvgIpc) is 2.69. The van der Waals surface area contributed by atoms with Crippen LogP contribution in [0.1, 0.15) is 40.5 Å². The van der Waals surface area contributed by atoms with Crippen LogP contribution < -0.4 is 5.32 Å². The van der Waals surface area contributed by atoms with E-state index in [2.05, 4.69) is 5.32 Å². The molecule has 1 unspecified atom stereocenters. The summed E-state index contributed by atoms with van der Waals surface area (Å²) in [5, 5.41) is 3.27. The second-order valence-corrected chi connectivity index (χ2v) is 5.30. The van der Waals surface area contributed by atoms with Crippen molar-refractivity contribution in [2.24, 2.45) is 0 Å². The summed E-state index contributed by atoms with van der Waals surface area (Å²) in [7, 11) is 0. The van der Waals surface area contributed by atoms with Gasteiger partial charge in [-0.1, -0.05) is 13.8 Å². The molecule has 0 spiro atoms. The fourth-order valence-corrected chi connectivity index (χ4v) is 2.48. The molecule has 1 heterocycles. The third-order valence-corrected chi connectivity index (χ3v) is 3.54. The van der Waals surface area contributed by atoms with E-state index in [-0.39, 0.29) is 17.9 Å². The van der Waals surface area contributed by atoms with Crippen molar-refractivity contribution < 1.29 is 9.59 Å². The number of likely N-dealkylation sites (tertiary alicyclic amines) is 1. The number of rotatable bonds is 7. The molecule has 5 heteroatoms. The van der Waals surface area contributed by atoms with Crippen molar-refractivity contribution in [3.63, 3.8) is 0 Å². The van der Waals surface area contributed by atoms with E-state index in [1.54, 1.807) is 4.90 Å². The van der Waals surface area contributed by atoms with Crippen LogP contribution in [0.25, 0.3) is 0 Å². The minimum absolute atomic E-state index is 0.0662. The summed E-state index contributed by atoms with van der Waals surface area (Å²) in [6.45, 7) is 10.8. The van der Waals surface area contributed by atoms with Gasteiger partial charge in [-0.3, -0.25) is 9.59 Å². The highest BCUT2D eigenvalue weighted by Crippen LogP contribution is 2.12. The van der Waals surface area contributed by atoms with Crippen LogP contribution in [0.5, 0.6) is 0 Å². The molecule has 19 heavy (non-hydrogen) atoms. The summed E-state index contributed by atoms with van der Waals surface area (Å²) in [6.07, 6.45) is 1.28. The number of hydrogen-bond donors (Lipinski definition) is 1. The van der Waals surface area contributed by atoms with Gasteiger partial charge in [-0.15, -0.1) is 0 Å². The summed E-state index contributed by atoms with van der Waals surface area (Å²) in [4.78, 5) is 27.6. The Kier molecular flexibility index (Phi) is 6.28. The summed E-state index contributed by atoms with van der Waals surface area (Å²) >= 11 is 0. The Hall–Kier alpha value is -1.10. The normalized spacial score (nSPS) is 19.3. The van der Waals surface area contributed by atoms with Crippen molar-refractivity contribution in [2.45, 2.75) is 52.6 Å². The number of carbonyl (C=O) groups excluding carboxylic acids is 2. The van der Waals surface area contributed by atoms with Crippen molar-refractivity contribution in [3.8, 4) is 0 Å². The zero-order chi connectivity index (χ0) is 14.4. The van der Waals surface area contributed by atoms with Crippen LogP contribution in [0.3, 0.4) is 0 Å². The molecule has 0 aromatic heterocycles. The molecular weight excluding hydrogens is 242 g/mol. The van der Waals surface area contributed by atoms with Crippen molar-refractivity contribution in [2.75, 3.05) is 26.2 Å². The predicted molar refractivity (Wildman–Crippen MR) is 75.8 cm³/mol. The zero-order valence-electron chi connectivity index (χ0n) is 12.6. The summed E-state index contributed by atoms with van der Waals surface area (Å²) in [5.41, 5.74) is 0. The monoisotopic (exact) mass is 269 g/mol. The smallest absolute Gasteiger partial charge is 0.239 e. The van der Waals surface area contributed by atoms with Gasteiger partial charge in [-0.2, -0.15) is 0 Å². The largest absolute Gasteiger partial charge is 0.343 e. The summed E-state index contributed by atoms with van der Waals surface area (Å²) in [6, 6.07) is 0.245. The molecule has 0 radical (unpaired) electrons. The fourth-order valence-electron chi connectivity index (χ4n) is 2.48. The Morgan fingerprint density at radius 2 is 2.05 bits per heavy atom. The molecule has 2 amide bonds. The minimum Gasteiger partial charge on any atom is -0.343 e. The van der Waals surface area contributed by atoms with Gasteiger partial charge in [0.15, 0.2) is 0 Å². The number of hydrogen-bond acceptors (Lipinski definition) is 3. The van der Waals surface area contributed by atoms with E-state index in [0.29, 0.717) is 19.0 Å². The third kappa shape index (κ3) is 4.49. The predicted octanol–water partition coefficient (Wildman–Crippen LogP) is 0.844. The molecule has 1 fully saturated rings. The number of amides is 2. The highest BCUT2D eigenvalue weighted by Gasteiger charge is 2.31. The fraction of sp³-hybridized carbons (Fsp3) is 0.857. The quantitative estimate of drug-likeness (QED) is 0.745. The number of carbonyl (C=O) groups is 2. The lowest BCUT2D eigenvalue weighted by atomic mass is 10.2. The lowest BCUT2D eigenvalue weighted by molar-refractivity contribution is -0.133. The SMILES string of the molecule is CCN(CC)C(=O)CCN1CCC(NC(C)C)C1=O. The molecule has 110 valence electrons. The van der Waals surface area contributed by atoms with Gasteiger partial charge in [0.1, 0.15) is 0 Å². The first-order valence-electron chi connectivity index (χ1n) is 7.32. The van der Waals surface area contributed by atoms with Gasteiger partial charge in [0.05, 0.1) is 6.04 Å². The standard InChI is InChI=1S/C14H27N3O2/c1-5-16(6-2)13(18)8-10-17-9-7-12(14(17)19)15-11(3)4/h11-12,15H,5-10H2,1-4H3. The Morgan fingerprint density at radius 1 is 1.42 bits per heavy atom. The van der Waals surface area contributed by atoms with Gasteiger partial charge < -0.3 is 15.1 Å². The first-order valence-corrected chi connectivity index (χ1v) is 7.32. The van der Waals surface area contributed by atoms with E-state index in [0.717, 1.165) is 26.1 Å². The molecule has 0 aliphatic carbocycles. The van der Waals surface area contributed by atoms with Gasteiger partial charge in [-0.05, 0) is 20.3 Å². The van der Waals surface area contributed by atoms with Gasteiger partial charge in [-0.25, -0.2) is 0 Å². The van der Waals surface area contributed by atoms with Gasteiger partial charge in [0.2, 0.25) is 11.8 Å². The van der Waals surface area contributed by atoms with Crippen LogP contribution in [0.4, 0.5) is 0 Å². The maximum Gasteiger partial charge on any atom is 0.239 e. The number of nitrogens with zero attached hydrogens (tertiary/aromatic N) is 2. The Morgan fingerprint density at radius 3 is 2.58 bits per heavy atom. The van der Waals surface area contributed by atoms with E-state index in [1.165, 1.54) is 0 Å². The van der Waals surface area contributed by atoms with Crippen LogP contribution in [-0.2, 0) is 9.59 Å². The van der Waals surface area contributed by atoms with Crippen molar-refractivity contribution in [1.29, 1.82) is 0 Å². The molecular formula is C14H27N3O2. The lowest BCUT2D eigenvalue weighted by Gasteiger charge is -2.22. The Bertz CT molecular complexity index is 314. The molecule has 0 saturated carbocycles. The second kappa shape index (κ2) is 7.48. The average molecular weight is 269 g/mol. The molecule has 1 aliphatic heterocycles. The van der Waals surface area contributed by atoms with Gasteiger partial charge in [0.25, 0.3) is 0 Å². The molecule has 1 saturated heterocycles. The van der Waals surface area contributed by atoms with E-state index >= 15 is 0 Å². The van der Waals surface area contributed by atoms with Crippen LogP contribution >= 0.6 is 0 Å². The summed E-state index contributed by atoms with van der Waals surface area (Å²) < 4.78 is 0. The molecule has 1 aliphatic rings. The maximum absolute atomic E-state index is 12.1. The van der Waals surface area contributed by atoms with Gasteiger partial charge in [0, 0.05) is 38.6 Å². The maximum atomic E-state index is 12.1. The number of nitrogens with one attached hydrogen (secondary N) is 1. The molecule has 0 bridgehead atoms. The third-order valence-electron chi connectivity index (χ3n) is 3.54. The van der Waals surface area contributed by atoms with Crippen molar-refractivity contribution in [1.82, 2.24) is 15.1 Å². The van der Waals surface area contributed by atoms with Crippen molar-refractivity contribution >= 4 is 11.8 Å². The van der Waals surface area contributed by atoms with Crippen molar-refractivity contribution in [3.05, 3.63) is 0 Å². The highest BCUT2D eigenvalue weighted by atomic mass is 16.2. The Balaban J connectivity index is 2.39. The first-order chi connectivity index (χ1) is 8.99. The van der Waals surface area contributed by atoms with E-state index in [4.69, 9.17) is 0 Å². The topological polar surface area (TPSA) is 52.7 Å². The van der Waals surface area contributed by atoms with Crippen LogP contribution in [0.15, 0.2) is 0 Å². The van der Waals surface area contributed by atoms with Crippen LogP contribution in [-0.4, -0.2) is 59.9 Å². The molecule has 1 rings (SSSR count). The Labute approximate surface area is 116 Å². The lowest BCUT2D eigenvalue weighted by Crippen LogP contribution is -2.42. The molecule has 0 aromatic rings. The second-order valence-electron chi connectivity index (χ2n) is 5.30. The van der Waals surface area contributed by atoms with E-state index in [9.17, 15) is 9.59 Å². The zero-order valence-corrected chi connectivity index (χ0v) is 12.6. The molecule has 1 atom stereocenters. The first kappa shape index (κ1) is 16.0. The minimum atomic E-state index is -0.0662. The highest BCUT2D eigenvalue weighted by molar-refractivity contribution is 5.84. The van der Waals surface area contributed by atoms with E-state index < -0.39 is 0 Å². The van der Waals surface area contributed by atoms with Gasteiger partial charge >= 0.3 is 0 Å². The molecule has 0 aromatic carbocycles. The van der Waals surface area contributed by atoms with Crippen LogP contribution in [0, 0.1) is 0 Å². The summed E-state index contributed by atoms with van der Waals surface area (Å²) in [5.74, 6) is 0.277.